The highest BCUT2D eigenvalue weighted by molar-refractivity contribution is 6.04. The van der Waals surface area contributed by atoms with E-state index in [1.807, 2.05) is 24.3 Å². The van der Waals surface area contributed by atoms with Crippen molar-refractivity contribution in [2.45, 2.75) is 6.92 Å². The summed E-state index contributed by atoms with van der Waals surface area (Å²) in [6.45, 7) is 2.74. The Labute approximate surface area is 83.3 Å². The zero-order chi connectivity index (χ0) is 9.97. The van der Waals surface area contributed by atoms with Crippen molar-refractivity contribution in [1.82, 2.24) is 0 Å². The monoisotopic (exact) mass is 191 g/mol. The Hall–Kier alpha value is -1.51. The van der Waals surface area contributed by atoms with E-state index < -0.39 is 0 Å². The largest absolute Gasteiger partial charge is 0.492 e. The lowest BCUT2D eigenvalue weighted by Gasteiger charge is -2.23. The van der Waals surface area contributed by atoms with Crippen LogP contribution in [-0.4, -0.2) is 19.4 Å². The van der Waals surface area contributed by atoms with Gasteiger partial charge >= 0.3 is 0 Å². The molecular weight excluding hydrogens is 178 g/mol. The number of benzene rings is 1. The minimum absolute atomic E-state index is 0.282. The van der Waals surface area contributed by atoms with Gasteiger partial charge in [0, 0.05) is 11.5 Å². The van der Waals surface area contributed by atoms with Gasteiger partial charge in [-0.15, -0.1) is 0 Å². The Morgan fingerprint density at radius 1 is 1.43 bits per heavy atom. The van der Waals surface area contributed by atoms with Crippen molar-refractivity contribution in [2.75, 3.05) is 13.7 Å². The molecule has 0 radical (unpaired) electrons. The summed E-state index contributed by atoms with van der Waals surface area (Å²) in [6.07, 6.45) is 0. The van der Waals surface area contributed by atoms with Gasteiger partial charge in [0.25, 0.3) is 0 Å². The second-order valence-electron chi connectivity index (χ2n) is 3.37. The van der Waals surface area contributed by atoms with E-state index in [1.54, 1.807) is 7.11 Å². The first-order valence-electron chi connectivity index (χ1n) is 4.66. The van der Waals surface area contributed by atoms with Crippen LogP contribution in [0, 0.1) is 5.92 Å². The summed E-state index contributed by atoms with van der Waals surface area (Å²) in [4.78, 5) is 4.84. The standard InChI is InChI=1S/C11H13NO2/c1-8-7-14-10-6-4-3-5-9(10)11(8)12-13-2/h3-6,8H,7H2,1-2H3/b12-11-. The summed E-state index contributed by atoms with van der Waals surface area (Å²) in [6, 6.07) is 7.89. The molecule has 0 saturated heterocycles. The number of rotatable bonds is 1. The second kappa shape index (κ2) is 3.70. The first-order valence-corrected chi connectivity index (χ1v) is 4.66. The molecule has 74 valence electrons. The molecule has 0 saturated carbocycles. The van der Waals surface area contributed by atoms with Crippen LogP contribution in [0.2, 0.25) is 0 Å². The molecule has 2 rings (SSSR count). The number of fused-ring (bicyclic) bond motifs is 1. The fourth-order valence-corrected chi connectivity index (χ4v) is 1.60. The molecule has 0 amide bonds. The van der Waals surface area contributed by atoms with Crippen molar-refractivity contribution in [1.29, 1.82) is 0 Å². The van der Waals surface area contributed by atoms with E-state index in [0.717, 1.165) is 17.0 Å². The lowest BCUT2D eigenvalue weighted by molar-refractivity contribution is 0.206. The van der Waals surface area contributed by atoms with Crippen LogP contribution in [0.1, 0.15) is 12.5 Å². The van der Waals surface area contributed by atoms with E-state index in [0.29, 0.717) is 6.61 Å². The number of hydrogen-bond donors (Lipinski definition) is 0. The lowest BCUT2D eigenvalue weighted by atomic mass is 9.96. The van der Waals surface area contributed by atoms with E-state index in [-0.39, 0.29) is 5.92 Å². The summed E-state index contributed by atoms with van der Waals surface area (Å²) in [5.41, 5.74) is 2.00. The molecule has 0 bridgehead atoms. The Kier molecular flexibility index (Phi) is 2.39. The van der Waals surface area contributed by atoms with Crippen LogP contribution < -0.4 is 4.74 Å². The van der Waals surface area contributed by atoms with Crippen LogP contribution in [0.4, 0.5) is 0 Å². The topological polar surface area (TPSA) is 30.8 Å². The minimum atomic E-state index is 0.282. The molecule has 1 aliphatic heterocycles. The Balaban J connectivity index is 2.46. The lowest BCUT2D eigenvalue weighted by Crippen LogP contribution is -2.26. The predicted octanol–water partition coefficient (Wildman–Crippen LogP) is 2.07. The van der Waals surface area contributed by atoms with Gasteiger partial charge in [-0.05, 0) is 12.1 Å². The summed E-state index contributed by atoms with van der Waals surface area (Å²) in [5, 5.41) is 4.04. The molecule has 0 N–H and O–H groups in total. The van der Waals surface area contributed by atoms with Crippen LogP contribution in [0.25, 0.3) is 0 Å². The van der Waals surface area contributed by atoms with Crippen LogP contribution in [0.15, 0.2) is 29.4 Å². The molecule has 1 heterocycles. The molecular formula is C11H13NO2. The molecule has 0 fully saturated rings. The molecule has 1 unspecified atom stereocenters. The summed E-state index contributed by atoms with van der Waals surface area (Å²) < 4.78 is 5.58. The molecule has 1 atom stereocenters. The predicted molar refractivity (Wildman–Crippen MR) is 54.6 cm³/mol. The fraction of sp³-hybridized carbons (Fsp3) is 0.364. The highest BCUT2D eigenvalue weighted by atomic mass is 16.6. The van der Waals surface area contributed by atoms with Crippen molar-refractivity contribution < 1.29 is 9.57 Å². The van der Waals surface area contributed by atoms with Crippen molar-refractivity contribution >= 4 is 5.71 Å². The van der Waals surface area contributed by atoms with E-state index in [1.165, 1.54) is 0 Å². The van der Waals surface area contributed by atoms with Crippen molar-refractivity contribution in [3.05, 3.63) is 29.8 Å². The number of ether oxygens (including phenoxy) is 1. The van der Waals surface area contributed by atoms with E-state index >= 15 is 0 Å². The Morgan fingerprint density at radius 3 is 3.00 bits per heavy atom. The highest BCUT2D eigenvalue weighted by Gasteiger charge is 2.23. The van der Waals surface area contributed by atoms with Gasteiger partial charge in [0.2, 0.25) is 0 Å². The normalized spacial score (nSPS) is 22.7. The van der Waals surface area contributed by atoms with Gasteiger partial charge in [0.05, 0.1) is 12.3 Å². The van der Waals surface area contributed by atoms with Crippen LogP contribution >= 0.6 is 0 Å². The average molecular weight is 191 g/mol. The highest BCUT2D eigenvalue weighted by Crippen LogP contribution is 2.27. The molecule has 3 heteroatoms. The van der Waals surface area contributed by atoms with Crippen molar-refractivity contribution in [3.8, 4) is 5.75 Å². The zero-order valence-corrected chi connectivity index (χ0v) is 8.36. The van der Waals surface area contributed by atoms with Gasteiger partial charge < -0.3 is 9.57 Å². The number of hydrogen-bond acceptors (Lipinski definition) is 3. The molecule has 14 heavy (non-hydrogen) atoms. The van der Waals surface area contributed by atoms with Crippen molar-refractivity contribution in [3.63, 3.8) is 0 Å². The molecule has 1 aromatic rings. The fourth-order valence-electron chi connectivity index (χ4n) is 1.60. The molecule has 1 aliphatic rings. The van der Waals surface area contributed by atoms with Crippen LogP contribution in [0.5, 0.6) is 5.75 Å². The number of oxime groups is 1. The third kappa shape index (κ3) is 1.45. The van der Waals surface area contributed by atoms with Crippen LogP contribution in [0.3, 0.4) is 0 Å². The molecule has 3 nitrogen and oxygen atoms in total. The Morgan fingerprint density at radius 2 is 2.21 bits per heavy atom. The number of para-hydroxylation sites is 1. The maximum atomic E-state index is 5.58. The van der Waals surface area contributed by atoms with Gasteiger partial charge in [-0.3, -0.25) is 0 Å². The molecule has 0 aliphatic carbocycles. The summed E-state index contributed by atoms with van der Waals surface area (Å²) in [5.74, 6) is 1.17. The van der Waals surface area contributed by atoms with E-state index in [2.05, 4.69) is 12.1 Å². The minimum Gasteiger partial charge on any atom is -0.492 e. The number of nitrogens with zero attached hydrogens (tertiary/aromatic N) is 1. The summed E-state index contributed by atoms with van der Waals surface area (Å²) in [7, 11) is 1.57. The average Bonchev–Trinajstić information content (AvgIpc) is 2.23. The van der Waals surface area contributed by atoms with Gasteiger partial charge in [-0.25, -0.2) is 0 Å². The van der Waals surface area contributed by atoms with E-state index in [4.69, 9.17) is 9.57 Å². The van der Waals surface area contributed by atoms with Gasteiger partial charge in [0.15, 0.2) is 0 Å². The summed E-state index contributed by atoms with van der Waals surface area (Å²) >= 11 is 0. The second-order valence-corrected chi connectivity index (χ2v) is 3.37. The SMILES string of the molecule is CO/N=C1\c2ccccc2OCC1C. The molecule has 1 aromatic carbocycles. The third-order valence-electron chi connectivity index (χ3n) is 2.31. The molecule has 0 spiro atoms. The third-order valence-corrected chi connectivity index (χ3v) is 2.31. The van der Waals surface area contributed by atoms with Gasteiger partial charge in [0.1, 0.15) is 12.9 Å². The Bertz CT molecular complexity index is 360. The maximum absolute atomic E-state index is 5.58. The molecule has 0 aromatic heterocycles. The van der Waals surface area contributed by atoms with Crippen LogP contribution in [-0.2, 0) is 4.84 Å². The zero-order valence-electron chi connectivity index (χ0n) is 8.36. The first-order chi connectivity index (χ1) is 6.83. The maximum Gasteiger partial charge on any atom is 0.128 e. The van der Waals surface area contributed by atoms with Gasteiger partial charge in [-0.1, -0.05) is 24.2 Å². The quantitative estimate of drug-likeness (QED) is 0.636. The van der Waals surface area contributed by atoms with E-state index in [9.17, 15) is 0 Å². The van der Waals surface area contributed by atoms with Crippen molar-refractivity contribution in [2.24, 2.45) is 11.1 Å². The van der Waals surface area contributed by atoms with Gasteiger partial charge in [-0.2, -0.15) is 0 Å². The first kappa shape index (κ1) is 9.06. The smallest absolute Gasteiger partial charge is 0.128 e.